The van der Waals surface area contributed by atoms with Crippen molar-refractivity contribution in [2.24, 2.45) is 4.99 Å². The third-order valence-electron chi connectivity index (χ3n) is 3.97. The van der Waals surface area contributed by atoms with Crippen molar-refractivity contribution in [2.45, 2.75) is 19.9 Å². The molecule has 0 aromatic heterocycles. The monoisotopic (exact) mass is 354 g/mol. The molecule has 2 aromatic rings. The molecule has 0 radical (unpaired) electrons. The number of hydrogen-bond acceptors (Lipinski definition) is 3. The first-order valence-electron chi connectivity index (χ1n) is 8.34. The maximum Gasteiger partial charge on any atom is 0.191 e. The van der Waals surface area contributed by atoms with E-state index in [2.05, 4.69) is 21.7 Å². The van der Waals surface area contributed by atoms with E-state index in [-0.39, 0.29) is 12.4 Å². The van der Waals surface area contributed by atoms with Gasteiger partial charge in [0, 0.05) is 25.7 Å². The SMILES string of the molecule is CN=C(NCCc1cc(C)ccc1OC)NCc1cc(C#N)ccc1F. The Bertz CT molecular complexity index is 827. The number of hydrogen-bond donors (Lipinski definition) is 2. The first-order valence-corrected chi connectivity index (χ1v) is 8.34. The molecule has 0 aliphatic carbocycles. The second-order valence-electron chi connectivity index (χ2n) is 5.84. The minimum Gasteiger partial charge on any atom is -0.496 e. The quantitative estimate of drug-likeness (QED) is 0.618. The van der Waals surface area contributed by atoms with Gasteiger partial charge in [0.1, 0.15) is 11.6 Å². The summed E-state index contributed by atoms with van der Waals surface area (Å²) in [6, 6.07) is 12.4. The molecule has 0 bridgehead atoms. The molecule has 2 N–H and O–H groups in total. The van der Waals surface area contributed by atoms with E-state index >= 15 is 0 Å². The molecule has 136 valence electrons. The Morgan fingerprint density at radius 1 is 1.19 bits per heavy atom. The molecule has 0 unspecified atom stereocenters. The van der Waals surface area contributed by atoms with Gasteiger partial charge in [-0.15, -0.1) is 0 Å². The Labute approximate surface area is 153 Å². The highest BCUT2D eigenvalue weighted by Crippen LogP contribution is 2.19. The molecule has 0 heterocycles. The van der Waals surface area contributed by atoms with Crippen LogP contribution in [0.4, 0.5) is 4.39 Å². The fraction of sp³-hybridized carbons (Fsp3) is 0.300. The van der Waals surface area contributed by atoms with Crippen LogP contribution in [0.5, 0.6) is 5.75 Å². The number of nitriles is 1. The summed E-state index contributed by atoms with van der Waals surface area (Å²) in [6.45, 7) is 2.94. The molecule has 5 nitrogen and oxygen atoms in total. The lowest BCUT2D eigenvalue weighted by atomic mass is 10.1. The molecular weight excluding hydrogens is 331 g/mol. The number of methoxy groups -OCH3 is 1. The van der Waals surface area contributed by atoms with Crippen molar-refractivity contribution in [1.82, 2.24) is 10.6 Å². The molecule has 2 aromatic carbocycles. The van der Waals surface area contributed by atoms with Gasteiger partial charge in [0.2, 0.25) is 0 Å². The van der Waals surface area contributed by atoms with E-state index in [1.54, 1.807) is 14.2 Å². The summed E-state index contributed by atoms with van der Waals surface area (Å²) in [7, 11) is 3.32. The van der Waals surface area contributed by atoms with E-state index in [1.165, 1.54) is 23.8 Å². The summed E-state index contributed by atoms with van der Waals surface area (Å²) in [6.07, 6.45) is 0.768. The fourth-order valence-corrected chi connectivity index (χ4v) is 2.60. The Balaban J connectivity index is 1.91. The van der Waals surface area contributed by atoms with Crippen LogP contribution in [0, 0.1) is 24.1 Å². The van der Waals surface area contributed by atoms with Gasteiger partial charge in [0.15, 0.2) is 5.96 Å². The van der Waals surface area contributed by atoms with Crippen LogP contribution in [0.2, 0.25) is 0 Å². The lowest BCUT2D eigenvalue weighted by Crippen LogP contribution is -2.38. The molecule has 0 saturated heterocycles. The lowest BCUT2D eigenvalue weighted by molar-refractivity contribution is 0.409. The molecule has 0 aliphatic heterocycles. The number of rotatable bonds is 6. The van der Waals surface area contributed by atoms with Crippen LogP contribution in [-0.4, -0.2) is 26.7 Å². The molecular formula is C20H23FN4O. The summed E-state index contributed by atoms with van der Waals surface area (Å²) in [5.41, 5.74) is 3.14. The highest BCUT2D eigenvalue weighted by molar-refractivity contribution is 5.79. The van der Waals surface area contributed by atoms with Crippen LogP contribution in [0.15, 0.2) is 41.4 Å². The average molecular weight is 354 g/mol. The van der Waals surface area contributed by atoms with Crippen molar-refractivity contribution < 1.29 is 9.13 Å². The van der Waals surface area contributed by atoms with Crippen molar-refractivity contribution in [2.75, 3.05) is 20.7 Å². The fourth-order valence-electron chi connectivity index (χ4n) is 2.60. The standard InChI is InChI=1S/C20H23FN4O/c1-14-4-7-19(26-3)16(10-14)8-9-24-20(23-2)25-13-17-11-15(12-22)5-6-18(17)21/h4-7,10-11H,8-9,13H2,1-3H3,(H2,23,24,25). The maximum absolute atomic E-state index is 13.8. The summed E-state index contributed by atoms with van der Waals surface area (Å²) >= 11 is 0. The number of halogens is 1. The predicted molar refractivity (Wildman–Crippen MR) is 101 cm³/mol. The first kappa shape index (κ1) is 19.3. The third-order valence-corrected chi connectivity index (χ3v) is 3.97. The molecule has 2 rings (SSSR count). The van der Waals surface area contributed by atoms with Crippen LogP contribution in [0.3, 0.4) is 0 Å². The lowest BCUT2D eigenvalue weighted by Gasteiger charge is -2.14. The maximum atomic E-state index is 13.8. The van der Waals surface area contributed by atoms with Gasteiger partial charge in [0.05, 0.1) is 18.7 Å². The smallest absolute Gasteiger partial charge is 0.191 e. The van der Waals surface area contributed by atoms with Crippen LogP contribution < -0.4 is 15.4 Å². The minimum absolute atomic E-state index is 0.245. The number of aliphatic imine (C=N–C) groups is 1. The second-order valence-corrected chi connectivity index (χ2v) is 5.84. The molecule has 6 heteroatoms. The zero-order valence-corrected chi connectivity index (χ0v) is 15.3. The van der Waals surface area contributed by atoms with Gasteiger partial charge >= 0.3 is 0 Å². The Morgan fingerprint density at radius 2 is 2.00 bits per heavy atom. The predicted octanol–water partition coefficient (Wildman–Crippen LogP) is 2.92. The van der Waals surface area contributed by atoms with Crippen molar-refractivity contribution in [3.05, 3.63) is 64.5 Å². The molecule has 0 atom stereocenters. The highest BCUT2D eigenvalue weighted by Gasteiger charge is 2.06. The molecule has 0 amide bonds. The van der Waals surface area contributed by atoms with Crippen LogP contribution in [0.1, 0.15) is 22.3 Å². The van der Waals surface area contributed by atoms with Crippen molar-refractivity contribution in [3.63, 3.8) is 0 Å². The van der Waals surface area contributed by atoms with E-state index < -0.39 is 0 Å². The van der Waals surface area contributed by atoms with Crippen molar-refractivity contribution in [1.29, 1.82) is 5.26 Å². The molecule has 0 saturated carbocycles. The summed E-state index contributed by atoms with van der Waals surface area (Å²) < 4.78 is 19.2. The number of aryl methyl sites for hydroxylation is 1. The van der Waals surface area contributed by atoms with E-state index in [4.69, 9.17) is 10.00 Å². The van der Waals surface area contributed by atoms with Crippen LogP contribution in [0.25, 0.3) is 0 Å². The van der Waals surface area contributed by atoms with Gasteiger partial charge in [-0.1, -0.05) is 17.7 Å². The van der Waals surface area contributed by atoms with Gasteiger partial charge in [-0.2, -0.15) is 5.26 Å². The number of nitrogens with zero attached hydrogens (tertiary/aromatic N) is 2. The van der Waals surface area contributed by atoms with E-state index in [0.29, 0.717) is 23.6 Å². The number of ether oxygens (including phenoxy) is 1. The molecule has 0 aliphatic rings. The van der Waals surface area contributed by atoms with Gasteiger partial charge in [-0.3, -0.25) is 4.99 Å². The van der Waals surface area contributed by atoms with Crippen LogP contribution in [-0.2, 0) is 13.0 Å². The van der Waals surface area contributed by atoms with E-state index in [1.807, 2.05) is 25.1 Å². The Morgan fingerprint density at radius 3 is 2.69 bits per heavy atom. The highest BCUT2D eigenvalue weighted by atomic mass is 19.1. The third kappa shape index (κ3) is 5.21. The van der Waals surface area contributed by atoms with Gasteiger partial charge in [-0.25, -0.2) is 4.39 Å². The topological polar surface area (TPSA) is 69.4 Å². The molecule has 0 fully saturated rings. The second kappa shape index (κ2) is 9.42. The first-order chi connectivity index (χ1) is 12.6. The normalized spacial score (nSPS) is 11.0. The number of guanidine groups is 1. The van der Waals surface area contributed by atoms with E-state index in [0.717, 1.165) is 17.7 Å². The number of benzene rings is 2. The van der Waals surface area contributed by atoms with Crippen LogP contribution >= 0.6 is 0 Å². The van der Waals surface area contributed by atoms with Gasteiger partial charge < -0.3 is 15.4 Å². The zero-order valence-electron chi connectivity index (χ0n) is 15.3. The average Bonchev–Trinajstić information content (AvgIpc) is 2.65. The summed E-state index contributed by atoms with van der Waals surface area (Å²) in [5.74, 6) is 1.07. The minimum atomic E-state index is -0.351. The Hall–Kier alpha value is -3.07. The summed E-state index contributed by atoms with van der Waals surface area (Å²) in [5, 5.41) is 15.2. The summed E-state index contributed by atoms with van der Waals surface area (Å²) in [4.78, 5) is 4.14. The molecule has 0 spiro atoms. The van der Waals surface area contributed by atoms with Gasteiger partial charge in [-0.05, 0) is 43.2 Å². The zero-order chi connectivity index (χ0) is 18.9. The number of nitrogens with one attached hydrogen (secondary N) is 2. The van der Waals surface area contributed by atoms with Crippen molar-refractivity contribution >= 4 is 5.96 Å². The largest absolute Gasteiger partial charge is 0.496 e. The van der Waals surface area contributed by atoms with E-state index in [9.17, 15) is 4.39 Å². The van der Waals surface area contributed by atoms with Gasteiger partial charge in [0.25, 0.3) is 0 Å². The Kier molecular flexibility index (Phi) is 6.98. The molecule has 26 heavy (non-hydrogen) atoms. The van der Waals surface area contributed by atoms with Crippen molar-refractivity contribution in [3.8, 4) is 11.8 Å².